The Hall–Kier alpha value is -3.18. The van der Waals surface area contributed by atoms with Crippen molar-refractivity contribution >= 4 is 17.7 Å². The van der Waals surface area contributed by atoms with E-state index in [4.69, 9.17) is 0 Å². The molecule has 1 fully saturated rings. The van der Waals surface area contributed by atoms with Crippen molar-refractivity contribution in [3.63, 3.8) is 0 Å². The molecule has 0 radical (unpaired) electrons. The number of pyridine rings is 1. The predicted molar refractivity (Wildman–Crippen MR) is 119 cm³/mol. The predicted octanol–water partition coefficient (Wildman–Crippen LogP) is 3.82. The molecule has 7 nitrogen and oxygen atoms in total. The zero-order chi connectivity index (χ0) is 21.5. The van der Waals surface area contributed by atoms with E-state index in [1.807, 2.05) is 47.0 Å². The third-order valence-electron chi connectivity index (χ3n) is 5.45. The fourth-order valence-corrected chi connectivity index (χ4v) is 4.60. The Morgan fingerprint density at radius 1 is 1.13 bits per heavy atom. The molecule has 0 bridgehead atoms. The number of aromatic nitrogens is 4. The summed E-state index contributed by atoms with van der Waals surface area (Å²) in [5.74, 6) is 0.745. The molecule has 1 saturated carbocycles. The summed E-state index contributed by atoms with van der Waals surface area (Å²) in [7, 11) is 0. The number of hydrogen-bond donors (Lipinski definition) is 1. The van der Waals surface area contributed by atoms with Gasteiger partial charge in [0, 0.05) is 18.0 Å². The van der Waals surface area contributed by atoms with Gasteiger partial charge in [0.1, 0.15) is 5.54 Å². The lowest BCUT2D eigenvalue weighted by molar-refractivity contribution is -0.120. The number of nitrogens with one attached hydrogen (secondary N) is 1. The van der Waals surface area contributed by atoms with Gasteiger partial charge >= 0.3 is 0 Å². The van der Waals surface area contributed by atoms with E-state index in [1.54, 1.807) is 12.4 Å². The fraction of sp³-hybridized carbons (Fsp3) is 0.348. The van der Waals surface area contributed by atoms with Gasteiger partial charge < -0.3 is 5.32 Å². The molecular formula is C23H24N6OS. The number of rotatable bonds is 7. The highest BCUT2D eigenvalue weighted by Gasteiger charge is 2.33. The summed E-state index contributed by atoms with van der Waals surface area (Å²) < 4.78 is 2.00. The first-order valence-electron chi connectivity index (χ1n) is 10.4. The first-order valence-corrected chi connectivity index (χ1v) is 11.4. The topological polar surface area (TPSA) is 96.5 Å². The van der Waals surface area contributed by atoms with Crippen molar-refractivity contribution in [3.8, 4) is 17.5 Å². The molecule has 3 aromatic rings. The molecule has 8 heteroatoms. The van der Waals surface area contributed by atoms with Gasteiger partial charge in [-0.1, -0.05) is 61.4 Å². The van der Waals surface area contributed by atoms with Gasteiger partial charge in [-0.2, -0.15) is 5.26 Å². The zero-order valence-electron chi connectivity index (χ0n) is 17.2. The normalized spacial score (nSPS) is 15.2. The first-order chi connectivity index (χ1) is 15.2. The van der Waals surface area contributed by atoms with Crippen LogP contribution in [0.4, 0.5) is 0 Å². The van der Waals surface area contributed by atoms with Gasteiger partial charge in [-0.15, -0.1) is 10.2 Å². The summed E-state index contributed by atoms with van der Waals surface area (Å²) in [6.45, 7) is 0.587. The number of carbonyl (C=O) groups is 1. The Bertz CT molecular complexity index is 1050. The van der Waals surface area contributed by atoms with Crippen LogP contribution in [0.3, 0.4) is 0 Å². The van der Waals surface area contributed by atoms with Crippen LogP contribution in [0.2, 0.25) is 0 Å². The summed E-state index contributed by atoms with van der Waals surface area (Å²) >= 11 is 1.34. The standard InChI is InChI=1S/C23H24N6OS/c24-17-23(11-5-2-6-12-23)26-20(30)16-31-22-28-27-21(19-10-7-13-25-14-19)29(22)15-18-8-3-1-4-9-18/h1,3-4,7-10,13-14H,2,5-6,11-12,15-16H2,(H,26,30). The average Bonchev–Trinajstić information content (AvgIpc) is 3.22. The highest BCUT2D eigenvalue weighted by atomic mass is 32.2. The van der Waals surface area contributed by atoms with E-state index in [0.717, 1.165) is 43.2 Å². The van der Waals surface area contributed by atoms with Crippen LogP contribution in [0, 0.1) is 11.3 Å². The van der Waals surface area contributed by atoms with E-state index >= 15 is 0 Å². The second-order valence-corrected chi connectivity index (χ2v) is 8.65. The molecule has 2 heterocycles. The lowest BCUT2D eigenvalue weighted by atomic mass is 9.83. The maximum atomic E-state index is 12.6. The van der Waals surface area contributed by atoms with Crippen molar-refractivity contribution < 1.29 is 4.79 Å². The highest BCUT2D eigenvalue weighted by molar-refractivity contribution is 7.99. The zero-order valence-corrected chi connectivity index (χ0v) is 18.0. The van der Waals surface area contributed by atoms with Crippen molar-refractivity contribution in [1.82, 2.24) is 25.1 Å². The van der Waals surface area contributed by atoms with Crippen LogP contribution in [-0.4, -0.2) is 36.9 Å². The van der Waals surface area contributed by atoms with Crippen molar-refractivity contribution in [2.24, 2.45) is 0 Å². The van der Waals surface area contributed by atoms with E-state index in [1.165, 1.54) is 11.8 Å². The highest BCUT2D eigenvalue weighted by Crippen LogP contribution is 2.28. The molecule has 4 rings (SSSR count). The van der Waals surface area contributed by atoms with E-state index in [-0.39, 0.29) is 11.7 Å². The van der Waals surface area contributed by atoms with Crippen molar-refractivity contribution in [1.29, 1.82) is 5.26 Å². The summed E-state index contributed by atoms with van der Waals surface area (Å²) in [5, 5.41) is 22.0. The molecule has 158 valence electrons. The molecule has 31 heavy (non-hydrogen) atoms. The average molecular weight is 433 g/mol. The van der Waals surface area contributed by atoms with E-state index in [2.05, 4.69) is 26.6 Å². The Balaban J connectivity index is 1.52. The summed E-state index contributed by atoms with van der Waals surface area (Å²) in [4.78, 5) is 16.8. The van der Waals surface area contributed by atoms with Crippen LogP contribution in [0.5, 0.6) is 0 Å². The van der Waals surface area contributed by atoms with Crippen LogP contribution >= 0.6 is 11.8 Å². The van der Waals surface area contributed by atoms with Gasteiger partial charge in [0.25, 0.3) is 0 Å². The lowest BCUT2D eigenvalue weighted by Gasteiger charge is -2.31. The molecule has 1 amide bonds. The monoisotopic (exact) mass is 432 g/mol. The third kappa shape index (κ3) is 5.12. The Morgan fingerprint density at radius 3 is 2.65 bits per heavy atom. The van der Waals surface area contributed by atoms with Crippen LogP contribution in [-0.2, 0) is 11.3 Å². The van der Waals surface area contributed by atoms with Crippen molar-refractivity contribution in [2.45, 2.75) is 49.3 Å². The largest absolute Gasteiger partial charge is 0.337 e. The molecule has 0 atom stereocenters. The second kappa shape index (κ2) is 9.75. The smallest absolute Gasteiger partial charge is 0.231 e. The van der Waals surface area contributed by atoms with Crippen LogP contribution < -0.4 is 5.32 Å². The second-order valence-electron chi connectivity index (χ2n) is 7.71. The molecule has 1 aliphatic carbocycles. The maximum Gasteiger partial charge on any atom is 0.231 e. The Kier molecular flexibility index (Phi) is 6.63. The number of thioether (sulfide) groups is 1. The summed E-state index contributed by atoms with van der Waals surface area (Å²) in [6.07, 6.45) is 7.98. The minimum atomic E-state index is -0.728. The van der Waals surface area contributed by atoms with E-state index in [0.29, 0.717) is 17.5 Å². The van der Waals surface area contributed by atoms with Gasteiger partial charge in [-0.25, -0.2) is 0 Å². The molecular weight excluding hydrogens is 408 g/mol. The molecule has 2 aromatic heterocycles. The quantitative estimate of drug-likeness (QED) is 0.570. The molecule has 1 aliphatic rings. The molecule has 0 aliphatic heterocycles. The minimum Gasteiger partial charge on any atom is -0.337 e. The lowest BCUT2D eigenvalue weighted by Crippen LogP contribution is -2.49. The maximum absolute atomic E-state index is 12.6. The number of benzene rings is 1. The van der Waals surface area contributed by atoms with E-state index in [9.17, 15) is 10.1 Å². The third-order valence-corrected chi connectivity index (χ3v) is 6.42. The molecule has 1 aromatic carbocycles. The number of carbonyl (C=O) groups excluding carboxylic acids is 1. The van der Waals surface area contributed by atoms with Gasteiger partial charge in [0.15, 0.2) is 11.0 Å². The van der Waals surface area contributed by atoms with E-state index < -0.39 is 5.54 Å². The van der Waals surface area contributed by atoms with Crippen LogP contribution in [0.25, 0.3) is 11.4 Å². The Labute approximate surface area is 185 Å². The van der Waals surface area contributed by atoms with Crippen LogP contribution in [0.15, 0.2) is 60.0 Å². The summed E-state index contributed by atoms with van der Waals surface area (Å²) in [6, 6.07) is 16.2. The number of nitrogens with zero attached hydrogens (tertiary/aromatic N) is 5. The number of nitriles is 1. The van der Waals surface area contributed by atoms with Crippen LogP contribution in [0.1, 0.15) is 37.7 Å². The fourth-order valence-electron chi connectivity index (χ4n) is 3.87. The minimum absolute atomic E-state index is 0.148. The molecule has 0 spiro atoms. The van der Waals surface area contributed by atoms with Gasteiger partial charge in [0.05, 0.1) is 18.4 Å². The first kappa shape index (κ1) is 21.1. The Morgan fingerprint density at radius 2 is 1.94 bits per heavy atom. The van der Waals surface area contributed by atoms with Gasteiger partial charge in [0.2, 0.25) is 5.91 Å². The number of hydrogen-bond acceptors (Lipinski definition) is 6. The molecule has 0 saturated heterocycles. The SMILES string of the molecule is N#CC1(NC(=O)CSc2nnc(-c3cccnc3)n2Cc2ccccc2)CCCCC1. The molecule has 1 N–H and O–H groups in total. The van der Waals surface area contributed by atoms with Crippen molar-refractivity contribution in [2.75, 3.05) is 5.75 Å². The summed E-state index contributed by atoms with van der Waals surface area (Å²) in [5.41, 5.74) is 1.26. The van der Waals surface area contributed by atoms with Gasteiger partial charge in [-0.05, 0) is 30.5 Å². The number of amides is 1. The van der Waals surface area contributed by atoms with Gasteiger partial charge in [-0.3, -0.25) is 14.3 Å². The van der Waals surface area contributed by atoms with Crippen molar-refractivity contribution in [3.05, 3.63) is 60.4 Å². The molecule has 0 unspecified atom stereocenters.